The Morgan fingerprint density at radius 2 is 1.54 bits per heavy atom. The number of rotatable bonds is 16. The van der Waals surface area contributed by atoms with Crippen LogP contribution in [0.15, 0.2) is 24.3 Å². The number of nitrogens with one attached hydrogen (secondary N) is 1. The summed E-state index contributed by atoms with van der Waals surface area (Å²) in [5, 5.41) is 3.46. The summed E-state index contributed by atoms with van der Waals surface area (Å²) in [6, 6.07) is 8.76. The van der Waals surface area contributed by atoms with Gasteiger partial charge in [-0.05, 0) is 31.9 Å². The number of hydrogen-bond acceptors (Lipinski definition) is 2. The second kappa shape index (κ2) is 15.7. The highest BCUT2D eigenvalue weighted by Gasteiger charge is 1.95. The Kier molecular flexibility index (Phi) is 13.8. The average Bonchev–Trinajstić information content (AvgIpc) is 2.58. The van der Waals surface area contributed by atoms with Gasteiger partial charge in [-0.3, -0.25) is 0 Å². The molecule has 0 aliphatic carbocycles. The molecular weight excluding hydrogens is 294 g/mol. The minimum absolute atomic E-state index is 0.838. The van der Waals surface area contributed by atoms with E-state index in [0.29, 0.717) is 0 Å². The van der Waals surface area contributed by atoms with E-state index in [1.165, 1.54) is 68.9 Å². The molecule has 2 nitrogen and oxygen atoms in total. The highest BCUT2D eigenvalue weighted by Crippen LogP contribution is 2.09. The van der Waals surface area contributed by atoms with Crippen LogP contribution in [0.1, 0.15) is 75.8 Å². The summed E-state index contributed by atoms with van der Waals surface area (Å²) >= 11 is 0. The minimum atomic E-state index is 0.838. The first-order valence-electron chi connectivity index (χ1n) is 10.2. The van der Waals surface area contributed by atoms with E-state index in [0.717, 1.165) is 32.7 Å². The quantitative estimate of drug-likeness (QED) is 0.393. The van der Waals surface area contributed by atoms with Crippen molar-refractivity contribution in [3.8, 4) is 0 Å². The van der Waals surface area contributed by atoms with Crippen LogP contribution in [0.2, 0.25) is 0 Å². The van der Waals surface area contributed by atoms with Gasteiger partial charge in [0, 0.05) is 13.2 Å². The maximum absolute atomic E-state index is 5.70. The normalized spacial score (nSPS) is 11.1. The van der Waals surface area contributed by atoms with Gasteiger partial charge in [0.25, 0.3) is 0 Å². The fourth-order valence-corrected chi connectivity index (χ4v) is 2.99. The third-order valence-electron chi connectivity index (χ3n) is 4.49. The van der Waals surface area contributed by atoms with Gasteiger partial charge in [0.05, 0.1) is 6.61 Å². The van der Waals surface area contributed by atoms with Crippen LogP contribution in [-0.4, -0.2) is 26.3 Å². The number of ether oxygens (including phenoxy) is 1. The second-order valence-electron chi connectivity index (χ2n) is 6.93. The zero-order chi connectivity index (χ0) is 17.3. The van der Waals surface area contributed by atoms with Crippen molar-refractivity contribution in [1.82, 2.24) is 5.32 Å². The Morgan fingerprint density at radius 3 is 2.25 bits per heavy atom. The molecule has 0 fully saturated rings. The second-order valence-corrected chi connectivity index (χ2v) is 6.93. The van der Waals surface area contributed by atoms with E-state index in [1.807, 2.05) is 0 Å². The van der Waals surface area contributed by atoms with E-state index in [1.54, 1.807) is 0 Å². The number of unbranched alkanes of at least 4 members (excludes halogenated alkanes) is 8. The van der Waals surface area contributed by atoms with E-state index in [2.05, 4.69) is 43.4 Å². The van der Waals surface area contributed by atoms with E-state index in [-0.39, 0.29) is 0 Å². The smallest absolute Gasteiger partial charge is 0.0590 e. The monoisotopic (exact) mass is 333 g/mol. The third kappa shape index (κ3) is 12.5. The summed E-state index contributed by atoms with van der Waals surface area (Å²) in [6.45, 7) is 8.19. The minimum Gasteiger partial charge on any atom is -0.380 e. The Morgan fingerprint density at radius 1 is 0.833 bits per heavy atom. The van der Waals surface area contributed by atoms with Crippen molar-refractivity contribution < 1.29 is 4.74 Å². The van der Waals surface area contributed by atoms with Gasteiger partial charge < -0.3 is 10.1 Å². The van der Waals surface area contributed by atoms with Crippen molar-refractivity contribution in [2.75, 3.05) is 26.3 Å². The number of hydrogen-bond donors (Lipinski definition) is 1. The molecule has 0 heterocycles. The molecule has 0 radical (unpaired) electrons. The molecule has 0 amide bonds. The van der Waals surface area contributed by atoms with E-state index in [4.69, 9.17) is 4.74 Å². The molecular formula is C22H39NO. The molecule has 0 aliphatic rings. The van der Waals surface area contributed by atoms with Crippen molar-refractivity contribution in [2.45, 2.75) is 78.1 Å². The van der Waals surface area contributed by atoms with Gasteiger partial charge in [-0.15, -0.1) is 0 Å². The first kappa shape index (κ1) is 21.2. The number of benzene rings is 1. The van der Waals surface area contributed by atoms with Crippen LogP contribution in [0, 0.1) is 6.92 Å². The van der Waals surface area contributed by atoms with Gasteiger partial charge in [-0.1, -0.05) is 88.1 Å². The molecule has 1 N–H and O–H groups in total. The molecule has 0 unspecified atom stereocenters. The van der Waals surface area contributed by atoms with E-state index >= 15 is 0 Å². The fraction of sp³-hybridized carbons (Fsp3) is 0.727. The van der Waals surface area contributed by atoms with Crippen LogP contribution < -0.4 is 5.32 Å². The third-order valence-corrected chi connectivity index (χ3v) is 4.49. The maximum atomic E-state index is 5.70. The van der Waals surface area contributed by atoms with Gasteiger partial charge in [0.1, 0.15) is 0 Å². The molecule has 2 heteroatoms. The van der Waals surface area contributed by atoms with Gasteiger partial charge in [-0.2, -0.15) is 0 Å². The van der Waals surface area contributed by atoms with Crippen LogP contribution in [-0.2, 0) is 11.2 Å². The highest BCUT2D eigenvalue weighted by atomic mass is 16.5. The van der Waals surface area contributed by atoms with Crippen LogP contribution >= 0.6 is 0 Å². The molecule has 0 atom stereocenters. The van der Waals surface area contributed by atoms with E-state index < -0.39 is 0 Å². The molecule has 1 rings (SSSR count). The summed E-state index contributed by atoms with van der Waals surface area (Å²) in [4.78, 5) is 0. The lowest BCUT2D eigenvalue weighted by molar-refractivity contribution is 0.131. The summed E-state index contributed by atoms with van der Waals surface area (Å²) in [5.74, 6) is 0. The van der Waals surface area contributed by atoms with Crippen LogP contribution in [0.25, 0.3) is 0 Å². The Balaban J connectivity index is 1.76. The first-order chi connectivity index (χ1) is 11.8. The fourth-order valence-electron chi connectivity index (χ4n) is 2.99. The topological polar surface area (TPSA) is 21.3 Å². The Labute approximate surface area is 150 Å². The van der Waals surface area contributed by atoms with Crippen LogP contribution in [0.3, 0.4) is 0 Å². The highest BCUT2D eigenvalue weighted by molar-refractivity contribution is 5.22. The SMILES string of the molecule is CCCCCCCCCCCOCCNCCc1cccc(C)c1. The lowest BCUT2D eigenvalue weighted by atomic mass is 10.1. The maximum Gasteiger partial charge on any atom is 0.0590 e. The average molecular weight is 334 g/mol. The summed E-state index contributed by atoms with van der Waals surface area (Å²) in [5.41, 5.74) is 2.76. The van der Waals surface area contributed by atoms with E-state index in [9.17, 15) is 0 Å². The lowest BCUT2D eigenvalue weighted by Gasteiger charge is -2.07. The Hall–Kier alpha value is -0.860. The summed E-state index contributed by atoms with van der Waals surface area (Å²) < 4.78 is 5.70. The van der Waals surface area contributed by atoms with Gasteiger partial charge in [0.15, 0.2) is 0 Å². The van der Waals surface area contributed by atoms with Crippen molar-refractivity contribution in [2.24, 2.45) is 0 Å². The molecule has 1 aromatic carbocycles. The summed E-state index contributed by atoms with van der Waals surface area (Å²) in [7, 11) is 0. The molecule has 0 aliphatic heterocycles. The van der Waals surface area contributed by atoms with Crippen molar-refractivity contribution in [3.63, 3.8) is 0 Å². The standard InChI is InChI=1S/C22H39NO/c1-3-4-5-6-7-8-9-10-11-18-24-19-17-23-16-15-22-14-12-13-21(2)20-22/h12-14,20,23H,3-11,15-19H2,1-2H3. The van der Waals surface area contributed by atoms with Crippen molar-refractivity contribution in [3.05, 3.63) is 35.4 Å². The molecule has 0 bridgehead atoms. The van der Waals surface area contributed by atoms with Crippen LogP contribution in [0.5, 0.6) is 0 Å². The predicted molar refractivity (Wildman–Crippen MR) is 106 cm³/mol. The molecule has 0 aromatic heterocycles. The molecule has 1 aromatic rings. The zero-order valence-corrected chi connectivity index (χ0v) is 16.1. The molecule has 138 valence electrons. The molecule has 0 saturated heterocycles. The molecule has 24 heavy (non-hydrogen) atoms. The number of aryl methyl sites for hydroxylation is 1. The zero-order valence-electron chi connectivity index (χ0n) is 16.1. The Bertz CT molecular complexity index is 391. The first-order valence-corrected chi connectivity index (χ1v) is 10.2. The summed E-state index contributed by atoms with van der Waals surface area (Å²) in [6.07, 6.45) is 13.5. The molecule has 0 saturated carbocycles. The van der Waals surface area contributed by atoms with Gasteiger partial charge in [-0.25, -0.2) is 0 Å². The lowest BCUT2D eigenvalue weighted by Crippen LogP contribution is -2.22. The van der Waals surface area contributed by atoms with Gasteiger partial charge >= 0.3 is 0 Å². The van der Waals surface area contributed by atoms with Gasteiger partial charge in [0.2, 0.25) is 0 Å². The predicted octanol–water partition coefficient (Wildman–Crippen LogP) is 5.67. The molecule has 0 spiro atoms. The van der Waals surface area contributed by atoms with Crippen LogP contribution in [0.4, 0.5) is 0 Å². The largest absolute Gasteiger partial charge is 0.380 e. The van der Waals surface area contributed by atoms with Crippen molar-refractivity contribution >= 4 is 0 Å². The van der Waals surface area contributed by atoms with Crippen molar-refractivity contribution in [1.29, 1.82) is 0 Å².